The van der Waals surface area contributed by atoms with Crippen LogP contribution < -0.4 is 9.47 Å². The predicted octanol–water partition coefficient (Wildman–Crippen LogP) is 4.71. The minimum atomic E-state index is -3.99. The third-order valence-corrected chi connectivity index (χ3v) is 6.83. The summed E-state index contributed by atoms with van der Waals surface area (Å²) in [5, 5.41) is 0. The fraction of sp³-hybridized carbons (Fsp3) is 0.320. The number of para-hydroxylation sites is 3. The van der Waals surface area contributed by atoms with Gasteiger partial charge in [-0.1, -0.05) is 50.3 Å². The van der Waals surface area contributed by atoms with Crippen LogP contribution in [0.15, 0.2) is 70.8 Å². The number of hydrogen-bond acceptors (Lipinski definition) is 4. The van der Waals surface area contributed by atoms with Crippen LogP contribution in [0.2, 0.25) is 0 Å². The number of anilines is 1. The summed E-state index contributed by atoms with van der Waals surface area (Å²) in [5.74, 6) is 0.516. The van der Waals surface area contributed by atoms with E-state index in [2.05, 4.69) is 48.4 Å². The molecule has 1 aliphatic heterocycles. The Bertz CT molecular complexity index is 1300. The molecule has 0 saturated carbocycles. The number of fused-ring (bicyclic) bond motifs is 2. The minimum absolute atomic E-state index is 0.242. The summed E-state index contributed by atoms with van der Waals surface area (Å²) in [7, 11) is -3.99. The molecule has 6 nitrogen and oxygen atoms in total. The predicted molar refractivity (Wildman–Crippen MR) is 127 cm³/mol. The normalized spacial score (nSPS) is 17.0. The lowest BCUT2D eigenvalue weighted by Gasteiger charge is -2.26. The van der Waals surface area contributed by atoms with Crippen LogP contribution in [-0.4, -0.2) is 25.3 Å². The Labute approximate surface area is 189 Å². The van der Waals surface area contributed by atoms with Crippen LogP contribution in [0.3, 0.4) is 0 Å². The average Bonchev–Trinajstić information content (AvgIpc) is 3.20. The first-order valence-electron chi connectivity index (χ1n) is 10.8. The summed E-state index contributed by atoms with van der Waals surface area (Å²) in [6.07, 6.45) is 6.36. The van der Waals surface area contributed by atoms with Gasteiger partial charge in [-0.3, -0.25) is 4.55 Å². The molecular weight excluding hydrogens is 424 g/mol. The molecule has 0 fully saturated rings. The molecule has 0 unspecified atom stereocenters. The Morgan fingerprint density at radius 1 is 1.12 bits per heavy atom. The van der Waals surface area contributed by atoms with E-state index in [1.165, 1.54) is 5.56 Å². The molecule has 0 radical (unpaired) electrons. The molecule has 0 spiro atoms. The SMILES string of the molecule is CC[n+]1c(/C=C/C=C2/N(CCCS(=O)(=O)O)c3ccccc3C2(C)C)oc2ccccc21. The Kier molecular flexibility index (Phi) is 5.97. The molecule has 2 heterocycles. The van der Waals surface area contributed by atoms with Crippen molar-refractivity contribution in [2.45, 2.75) is 39.2 Å². The fourth-order valence-electron chi connectivity index (χ4n) is 4.51. The molecular formula is C25H29N2O4S+. The number of aryl methyl sites for hydroxylation is 1. The summed E-state index contributed by atoms with van der Waals surface area (Å²) in [6, 6.07) is 16.2. The molecule has 0 amide bonds. The highest BCUT2D eigenvalue weighted by molar-refractivity contribution is 7.85. The summed E-state index contributed by atoms with van der Waals surface area (Å²) >= 11 is 0. The van der Waals surface area contributed by atoms with Gasteiger partial charge in [0.25, 0.3) is 15.6 Å². The van der Waals surface area contributed by atoms with Gasteiger partial charge in [0, 0.05) is 29.4 Å². The van der Waals surface area contributed by atoms with Gasteiger partial charge < -0.3 is 9.32 Å². The third-order valence-electron chi connectivity index (χ3n) is 6.03. The molecule has 3 aromatic rings. The minimum Gasteiger partial charge on any atom is -0.398 e. The van der Waals surface area contributed by atoms with Gasteiger partial charge in [0.2, 0.25) is 5.58 Å². The van der Waals surface area contributed by atoms with Gasteiger partial charge in [-0.05, 0) is 37.1 Å². The Hall–Kier alpha value is -2.90. The van der Waals surface area contributed by atoms with Gasteiger partial charge in [0.1, 0.15) is 6.54 Å². The van der Waals surface area contributed by atoms with Crippen LogP contribution in [0.25, 0.3) is 17.2 Å². The van der Waals surface area contributed by atoms with Crippen LogP contribution in [0.5, 0.6) is 0 Å². The van der Waals surface area contributed by atoms with Gasteiger partial charge in [0.15, 0.2) is 0 Å². The second-order valence-electron chi connectivity index (χ2n) is 8.50. The maximum Gasteiger partial charge on any atom is 0.374 e. The van der Waals surface area contributed by atoms with E-state index in [0.717, 1.165) is 34.9 Å². The second kappa shape index (κ2) is 8.56. The first-order valence-corrected chi connectivity index (χ1v) is 12.5. The zero-order valence-corrected chi connectivity index (χ0v) is 19.5. The number of aromatic nitrogens is 1. The molecule has 0 bridgehead atoms. The lowest BCUT2D eigenvalue weighted by atomic mass is 9.84. The van der Waals surface area contributed by atoms with Crippen molar-refractivity contribution in [3.05, 3.63) is 77.8 Å². The number of hydrogen-bond donors (Lipinski definition) is 1. The second-order valence-corrected chi connectivity index (χ2v) is 10.1. The van der Waals surface area contributed by atoms with Crippen molar-refractivity contribution >= 4 is 33.0 Å². The molecule has 168 valence electrons. The van der Waals surface area contributed by atoms with Crippen LogP contribution in [0.1, 0.15) is 38.6 Å². The van der Waals surface area contributed by atoms with E-state index in [1.54, 1.807) is 0 Å². The van der Waals surface area contributed by atoms with E-state index >= 15 is 0 Å². The van der Waals surface area contributed by atoms with Crippen molar-refractivity contribution < 1.29 is 22.0 Å². The molecule has 0 atom stereocenters. The van der Waals surface area contributed by atoms with Crippen LogP contribution >= 0.6 is 0 Å². The molecule has 0 aliphatic carbocycles. The topological polar surface area (TPSA) is 74.6 Å². The van der Waals surface area contributed by atoms with E-state index in [1.807, 2.05) is 48.6 Å². The number of rotatable bonds is 7. The monoisotopic (exact) mass is 453 g/mol. The Balaban J connectivity index is 1.68. The summed E-state index contributed by atoms with van der Waals surface area (Å²) in [4.78, 5) is 2.15. The number of benzene rings is 2. The number of oxazole rings is 1. The summed E-state index contributed by atoms with van der Waals surface area (Å²) in [6.45, 7) is 7.72. The first-order chi connectivity index (χ1) is 15.2. The standard InChI is InChI=1S/C25H28N2O4S/c1-4-26-21-13-7-8-14-22(21)31-24(26)16-9-15-23-25(2,3)19-11-5-6-12-20(19)27(23)17-10-18-32(28,29)30/h5-9,11-16H,4,10,17-18H2,1-3H3/p+1. The lowest BCUT2D eigenvalue weighted by molar-refractivity contribution is -0.674. The molecule has 32 heavy (non-hydrogen) atoms. The maximum absolute atomic E-state index is 11.2. The van der Waals surface area contributed by atoms with E-state index in [0.29, 0.717) is 13.0 Å². The molecule has 1 N–H and O–H groups in total. The maximum atomic E-state index is 11.2. The van der Waals surface area contributed by atoms with Crippen LogP contribution in [0.4, 0.5) is 5.69 Å². The summed E-state index contributed by atoms with van der Waals surface area (Å²) in [5.41, 5.74) is 5.00. The Morgan fingerprint density at radius 3 is 2.59 bits per heavy atom. The van der Waals surface area contributed by atoms with Crippen molar-refractivity contribution in [2.75, 3.05) is 17.2 Å². The van der Waals surface area contributed by atoms with E-state index < -0.39 is 10.1 Å². The van der Waals surface area contributed by atoms with Crippen LogP contribution in [0, 0.1) is 0 Å². The van der Waals surface area contributed by atoms with Crippen molar-refractivity contribution in [1.82, 2.24) is 0 Å². The van der Waals surface area contributed by atoms with Crippen LogP contribution in [-0.2, 0) is 22.1 Å². The quantitative estimate of drug-likeness (QED) is 0.414. The highest BCUT2D eigenvalue weighted by atomic mass is 32.2. The van der Waals surface area contributed by atoms with Gasteiger partial charge in [-0.15, -0.1) is 0 Å². The average molecular weight is 454 g/mol. The first kappa shape index (κ1) is 22.3. The van der Waals surface area contributed by atoms with E-state index in [-0.39, 0.29) is 11.2 Å². The van der Waals surface area contributed by atoms with Crippen molar-refractivity contribution in [3.8, 4) is 0 Å². The van der Waals surface area contributed by atoms with Crippen molar-refractivity contribution in [3.63, 3.8) is 0 Å². The molecule has 1 aromatic heterocycles. The van der Waals surface area contributed by atoms with Gasteiger partial charge >= 0.3 is 5.89 Å². The largest absolute Gasteiger partial charge is 0.398 e. The highest BCUT2D eigenvalue weighted by Crippen LogP contribution is 2.47. The van der Waals surface area contributed by atoms with Gasteiger partial charge in [0.05, 0.1) is 11.8 Å². The fourth-order valence-corrected chi connectivity index (χ4v) is 5.01. The lowest BCUT2D eigenvalue weighted by Crippen LogP contribution is -2.33. The zero-order chi connectivity index (χ0) is 22.9. The van der Waals surface area contributed by atoms with Crippen molar-refractivity contribution in [1.29, 1.82) is 0 Å². The molecule has 1 aliphatic rings. The Morgan fingerprint density at radius 2 is 1.84 bits per heavy atom. The van der Waals surface area contributed by atoms with Crippen molar-refractivity contribution in [2.24, 2.45) is 0 Å². The van der Waals surface area contributed by atoms with Gasteiger partial charge in [-0.25, -0.2) is 0 Å². The van der Waals surface area contributed by atoms with E-state index in [9.17, 15) is 8.42 Å². The number of allylic oxidation sites excluding steroid dienone is 3. The smallest absolute Gasteiger partial charge is 0.374 e. The van der Waals surface area contributed by atoms with Gasteiger partial charge in [-0.2, -0.15) is 13.0 Å². The molecule has 4 rings (SSSR count). The molecule has 7 heteroatoms. The summed E-state index contributed by atoms with van der Waals surface area (Å²) < 4.78 is 39.8. The zero-order valence-electron chi connectivity index (χ0n) is 18.7. The third kappa shape index (κ3) is 4.23. The van der Waals surface area contributed by atoms with E-state index in [4.69, 9.17) is 8.97 Å². The number of nitrogens with zero attached hydrogens (tertiary/aromatic N) is 2. The molecule has 0 saturated heterocycles. The highest BCUT2D eigenvalue weighted by Gasteiger charge is 2.39. The molecule has 2 aromatic carbocycles.